The average Bonchev–Trinajstić information content (AvgIpc) is 2.66. The van der Waals surface area contributed by atoms with Gasteiger partial charge in [0.05, 0.1) is 26.4 Å². The molecule has 0 bridgehead atoms. The molecule has 0 amide bonds. The van der Waals surface area contributed by atoms with Gasteiger partial charge in [-0.2, -0.15) is 0 Å². The fourth-order valence-electron chi connectivity index (χ4n) is 3.79. The Morgan fingerprint density at radius 1 is 1.15 bits per heavy atom. The van der Waals surface area contributed by atoms with Crippen molar-refractivity contribution >= 4 is 11.8 Å². The predicted molar refractivity (Wildman–Crippen MR) is 101 cm³/mol. The number of hydrogen-bond acceptors (Lipinski definition) is 6. The molecule has 1 atom stereocenters. The summed E-state index contributed by atoms with van der Waals surface area (Å²) in [5.74, 6) is 0.351. The van der Waals surface area contributed by atoms with Crippen molar-refractivity contribution in [2.45, 2.75) is 39.0 Å². The summed E-state index contributed by atoms with van der Waals surface area (Å²) in [6.07, 6.45) is 2.07. The maximum Gasteiger partial charge on any atom is 0.336 e. The van der Waals surface area contributed by atoms with Gasteiger partial charge in [-0.1, -0.05) is 0 Å². The van der Waals surface area contributed by atoms with Crippen LogP contribution in [0.2, 0.25) is 0 Å². The van der Waals surface area contributed by atoms with Gasteiger partial charge in [-0.3, -0.25) is 4.79 Å². The Hall–Kier alpha value is -2.76. The molecule has 1 aromatic rings. The topological polar surface area (TPSA) is 73.9 Å². The summed E-state index contributed by atoms with van der Waals surface area (Å²) >= 11 is 0. The molecule has 1 heterocycles. The van der Waals surface area contributed by atoms with E-state index >= 15 is 0 Å². The van der Waals surface area contributed by atoms with Crippen LogP contribution in [0.5, 0.6) is 11.5 Å². The zero-order chi connectivity index (χ0) is 19.6. The molecule has 0 aromatic heterocycles. The molecule has 0 fully saturated rings. The number of rotatable bonds is 5. The summed E-state index contributed by atoms with van der Waals surface area (Å²) < 4.78 is 16.1. The first-order valence-electron chi connectivity index (χ1n) is 9.14. The van der Waals surface area contributed by atoms with Gasteiger partial charge in [-0.05, 0) is 44.4 Å². The van der Waals surface area contributed by atoms with Crippen LogP contribution < -0.4 is 14.8 Å². The zero-order valence-corrected chi connectivity index (χ0v) is 16.2. The number of benzene rings is 1. The molecular weight excluding hydrogens is 346 g/mol. The van der Waals surface area contributed by atoms with E-state index in [1.165, 1.54) is 0 Å². The summed E-state index contributed by atoms with van der Waals surface area (Å²) in [5, 5.41) is 3.27. The van der Waals surface area contributed by atoms with E-state index < -0.39 is 11.9 Å². The van der Waals surface area contributed by atoms with Crippen molar-refractivity contribution < 1.29 is 23.8 Å². The van der Waals surface area contributed by atoms with Gasteiger partial charge in [0.2, 0.25) is 0 Å². The molecule has 1 aliphatic carbocycles. The van der Waals surface area contributed by atoms with Crippen LogP contribution in [0.4, 0.5) is 0 Å². The summed E-state index contributed by atoms with van der Waals surface area (Å²) in [6, 6.07) is 5.46. The van der Waals surface area contributed by atoms with Gasteiger partial charge in [-0.15, -0.1) is 0 Å². The smallest absolute Gasteiger partial charge is 0.336 e. The first-order chi connectivity index (χ1) is 13.0. The molecule has 1 aliphatic heterocycles. The Bertz CT molecular complexity index is 815. The lowest BCUT2D eigenvalue weighted by Crippen LogP contribution is -2.34. The number of ketones is 1. The van der Waals surface area contributed by atoms with Crippen LogP contribution in [0.1, 0.15) is 44.6 Å². The highest BCUT2D eigenvalue weighted by Gasteiger charge is 2.39. The number of dihydropyridines is 1. The van der Waals surface area contributed by atoms with E-state index in [0.717, 1.165) is 24.1 Å². The van der Waals surface area contributed by atoms with E-state index in [2.05, 4.69) is 5.32 Å². The van der Waals surface area contributed by atoms with Crippen molar-refractivity contribution in [3.05, 3.63) is 46.3 Å². The van der Waals surface area contributed by atoms with Crippen LogP contribution in [-0.4, -0.2) is 32.6 Å². The molecule has 0 spiro atoms. The van der Waals surface area contributed by atoms with Crippen LogP contribution in [0, 0.1) is 0 Å². The minimum atomic E-state index is -0.503. The van der Waals surface area contributed by atoms with E-state index in [1.54, 1.807) is 27.2 Å². The average molecular weight is 371 g/mol. The minimum Gasteiger partial charge on any atom is -0.497 e. The molecule has 6 nitrogen and oxygen atoms in total. The SMILES string of the molecule is CCOC(=O)C1=C(C)NC2=C(C(=O)CCC2)C1c1cc(OC)cc(OC)c1. The Morgan fingerprint density at radius 2 is 1.81 bits per heavy atom. The van der Waals surface area contributed by atoms with E-state index in [4.69, 9.17) is 14.2 Å². The van der Waals surface area contributed by atoms with Gasteiger partial charge in [0.25, 0.3) is 0 Å². The van der Waals surface area contributed by atoms with Crippen LogP contribution in [0.25, 0.3) is 0 Å². The minimum absolute atomic E-state index is 0.0600. The third-order valence-electron chi connectivity index (χ3n) is 4.98. The number of hydrogen-bond donors (Lipinski definition) is 1. The van der Waals surface area contributed by atoms with Gasteiger partial charge in [0.1, 0.15) is 11.5 Å². The molecule has 27 heavy (non-hydrogen) atoms. The lowest BCUT2D eigenvalue weighted by molar-refractivity contribution is -0.138. The van der Waals surface area contributed by atoms with Crippen molar-refractivity contribution in [2.75, 3.05) is 20.8 Å². The number of esters is 1. The Balaban J connectivity index is 2.21. The molecule has 0 saturated heterocycles. The molecule has 6 heteroatoms. The fourth-order valence-corrected chi connectivity index (χ4v) is 3.79. The highest BCUT2D eigenvalue weighted by molar-refractivity contribution is 6.03. The van der Waals surface area contributed by atoms with Crippen molar-refractivity contribution in [3.63, 3.8) is 0 Å². The molecule has 2 aliphatic rings. The summed E-state index contributed by atoms with van der Waals surface area (Å²) in [7, 11) is 3.15. The van der Waals surface area contributed by atoms with E-state index in [9.17, 15) is 9.59 Å². The summed E-state index contributed by atoms with van der Waals surface area (Å²) in [5.41, 5.74) is 3.49. The highest BCUT2D eigenvalue weighted by Crippen LogP contribution is 2.44. The third kappa shape index (κ3) is 3.56. The number of nitrogens with one attached hydrogen (secondary N) is 1. The first-order valence-corrected chi connectivity index (χ1v) is 9.14. The van der Waals surface area contributed by atoms with Crippen LogP contribution >= 0.6 is 0 Å². The lowest BCUT2D eigenvalue weighted by Gasteiger charge is -2.34. The number of carbonyl (C=O) groups excluding carboxylic acids is 2. The van der Waals surface area contributed by atoms with Gasteiger partial charge in [0.15, 0.2) is 5.78 Å². The molecule has 0 radical (unpaired) electrons. The Labute approximate surface area is 159 Å². The standard InChI is InChI=1S/C21H25NO5/c1-5-27-21(24)18-12(2)22-16-7-6-8-17(23)20(16)19(18)13-9-14(25-3)11-15(10-13)26-4/h9-11,19,22H,5-8H2,1-4H3. The molecule has 1 aromatic carbocycles. The largest absolute Gasteiger partial charge is 0.497 e. The fraction of sp³-hybridized carbons (Fsp3) is 0.429. The van der Waals surface area contributed by atoms with E-state index in [0.29, 0.717) is 34.8 Å². The van der Waals surface area contributed by atoms with Crippen molar-refractivity contribution in [3.8, 4) is 11.5 Å². The lowest BCUT2D eigenvalue weighted by atomic mass is 9.75. The number of methoxy groups -OCH3 is 2. The van der Waals surface area contributed by atoms with Crippen molar-refractivity contribution in [2.24, 2.45) is 0 Å². The molecule has 144 valence electrons. The van der Waals surface area contributed by atoms with E-state index in [1.807, 2.05) is 19.1 Å². The maximum atomic E-state index is 12.8. The number of allylic oxidation sites excluding steroid dienone is 3. The van der Waals surface area contributed by atoms with Crippen LogP contribution in [0.3, 0.4) is 0 Å². The Kier molecular flexibility index (Phi) is 5.54. The van der Waals surface area contributed by atoms with Gasteiger partial charge in [-0.25, -0.2) is 4.79 Å². The predicted octanol–water partition coefficient (Wildman–Crippen LogP) is 3.23. The quantitative estimate of drug-likeness (QED) is 0.801. The number of ether oxygens (including phenoxy) is 3. The zero-order valence-electron chi connectivity index (χ0n) is 16.2. The van der Waals surface area contributed by atoms with Crippen LogP contribution in [-0.2, 0) is 14.3 Å². The highest BCUT2D eigenvalue weighted by atomic mass is 16.5. The molecule has 3 rings (SSSR count). The maximum absolute atomic E-state index is 12.8. The monoisotopic (exact) mass is 371 g/mol. The van der Waals surface area contributed by atoms with Crippen molar-refractivity contribution in [1.82, 2.24) is 5.32 Å². The first kappa shape index (κ1) is 19.0. The molecule has 0 saturated carbocycles. The molecule has 1 unspecified atom stereocenters. The summed E-state index contributed by atoms with van der Waals surface area (Å²) in [4.78, 5) is 25.6. The van der Waals surface area contributed by atoms with Crippen molar-refractivity contribution in [1.29, 1.82) is 0 Å². The summed E-state index contributed by atoms with van der Waals surface area (Å²) in [6.45, 7) is 3.88. The second kappa shape index (κ2) is 7.86. The van der Waals surface area contributed by atoms with Gasteiger partial charge < -0.3 is 19.5 Å². The van der Waals surface area contributed by atoms with Gasteiger partial charge in [0, 0.05) is 35.4 Å². The third-order valence-corrected chi connectivity index (χ3v) is 4.98. The number of carbonyl (C=O) groups is 2. The Morgan fingerprint density at radius 3 is 2.41 bits per heavy atom. The normalized spacial score (nSPS) is 19.4. The van der Waals surface area contributed by atoms with Crippen LogP contribution in [0.15, 0.2) is 40.7 Å². The second-order valence-corrected chi connectivity index (χ2v) is 6.63. The molecular formula is C21H25NO5. The van der Waals surface area contributed by atoms with Gasteiger partial charge >= 0.3 is 5.97 Å². The number of Topliss-reactive ketones (excluding diaryl/α,β-unsaturated/α-hetero) is 1. The molecule has 1 N–H and O–H groups in total. The van der Waals surface area contributed by atoms with E-state index in [-0.39, 0.29) is 12.4 Å². The second-order valence-electron chi connectivity index (χ2n) is 6.63.